The summed E-state index contributed by atoms with van der Waals surface area (Å²) in [6.45, 7) is 0. The van der Waals surface area contributed by atoms with Crippen molar-refractivity contribution in [1.29, 1.82) is 0 Å². The fourth-order valence-corrected chi connectivity index (χ4v) is 3.74. The van der Waals surface area contributed by atoms with E-state index in [0.29, 0.717) is 16.8 Å². The lowest BCUT2D eigenvalue weighted by molar-refractivity contribution is -0.120. The molecule has 0 saturated carbocycles. The molecular weight excluding hydrogens is 336 g/mol. The summed E-state index contributed by atoms with van der Waals surface area (Å²) in [5, 5.41) is 3.83. The molecule has 0 radical (unpaired) electrons. The van der Waals surface area contributed by atoms with Crippen molar-refractivity contribution < 1.29 is 9.59 Å². The third kappa shape index (κ3) is 2.85. The van der Waals surface area contributed by atoms with Gasteiger partial charge in [-0.15, -0.1) is 0 Å². The maximum Gasteiger partial charge on any atom is 0.180 e. The smallest absolute Gasteiger partial charge is 0.180 e. The zero-order chi connectivity index (χ0) is 18.8. The zero-order valence-corrected chi connectivity index (χ0v) is 14.6. The molecule has 2 N–H and O–H groups in total. The number of ketones is 2. The Labute approximate surface area is 157 Å². The molecule has 0 aromatic heterocycles. The van der Waals surface area contributed by atoms with Gasteiger partial charge in [0, 0.05) is 11.1 Å². The van der Waals surface area contributed by atoms with Gasteiger partial charge in [0.05, 0.1) is 11.6 Å². The highest BCUT2D eigenvalue weighted by Gasteiger charge is 2.44. The van der Waals surface area contributed by atoms with Gasteiger partial charge < -0.3 is 5.84 Å². The van der Waals surface area contributed by atoms with Gasteiger partial charge in [0.1, 0.15) is 5.92 Å². The van der Waals surface area contributed by atoms with Gasteiger partial charge in [-0.1, -0.05) is 84.9 Å². The number of hydrogen-bond acceptors (Lipinski definition) is 4. The highest BCUT2D eigenvalue weighted by Crippen LogP contribution is 2.35. The number of hydrogen-bond donors (Lipinski definition) is 1. The average molecular weight is 354 g/mol. The summed E-state index contributed by atoms with van der Waals surface area (Å²) in [4.78, 5) is 26.7. The van der Waals surface area contributed by atoms with Crippen LogP contribution in [0.4, 0.5) is 0 Å². The third-order valence-corrected chi connectivity index (χ3v) is 4.98. The molecule has 0 bridgehead atoms. The summed E-state index contributed by atoms with van der Waals surface area (Å²) in [7, 11) is 0. The van der Waals surface area contributed by atoms with Crippen LogP contribution in [-0.2, 0) is 4.79 Å². The molecule has 4 rings (SSSR count). The van der Waals surface area contributed by atoms with Gasteiger partial charge in [-0.3, -0.25) is 9.59 Å². The van der Waals surface area contributed by atoms with E-state index in [0.717, 1.165) is 11.1 Å². The summed E-state index contributed by atoms with van der Waals surface area (Å²) >= 11 is 0. The summed E-state index contributed by atoms with van der Waals surface area (Å²) < 4.78 is 0. The van der Waals surface area contributed by atoms with Crippen LogP contribution in [0.5, 0.6) is 0 Å². The minimum atomic E-state index is -0.988. The van der Waals surface area contributed by atoms with E-state index < -0.39 is 11.8 Å². The molecule has 3 aromatic carbocycles. The number of carbonyl (C=O) groups excluding carboxylic acids is 2. The summed E-state index contributed by atoms with van der Waals surface area (Å²) in [6.07, 6.45) is 0. The van der Waals surface area contributed by atoms with Crippen LogP contribution >= 0.6 is 0 Å². The minimum absolute atomic E-state index is 0.210. The van der Waals surface area contributed by atoms with Crippen LogP contribution in [0, 0.1) is 5.92 Å². The molecule has 132 valence electrons. The molecule has 3 aromatic rings. The van der Waals surface area contributed by atoms with Crippen LogP contribution in [0.25, 0.3) is 0 Å². The van der Waals surface area contributed by atoms with Crippen molar-refractivity contribution in [2.24, 2.45) is 16.9 Å². The Morgan fingerprint density at radius 3 is 1.78 bits per heavy atom. The molecule has 1 aliphatic carbocycles. The van der Waals surface area contributed by atoms with E-state index in [1.807, 2.05) is 66.7 Å². The van der Waals surface area contributed by atoms with Crippen LogP contribution in [0.15, 0.2) is 90.0 Å². The first-order chi connectivity index (χ1) is 13.2. The van der Waals surface area contributed by atoms with Crippen molar-refractivity contribution in [3.8, 4) is 0 Å². The summed E-state index contributed by atoms with van der Waals surface area (Å²) in [6, 6.07) is 26.1. The molecule has 0 spiro atoms. The molecule has 0 fully saturated rings. The second-order valence-electron chi connectivity index (χ2n) is 6.51. The van der Waals surface area contributed by atoms with E-state index in [1.165, 1.54) is 0 Å². The van der Waals surface area contributed by atoms with Crippen molar-refractivity contribution in [3.05, 3.63) is 107 Å². The lowest BCUT2D eigenvalue weighted by atomic mass is 9.80. The van der Waals surface area contributed by atoms with Gasteiger partial charge in [0.15, 0.2) is 11.6 Å². The van der Waals surface area contributed by atoms with Crippen LogP contribution in [0.1, 0.15) is 33.0 Å². The number of nitrogens with two attached hydrogens (primary N) is 1. The number of carbonyl (C=O) groups is 2. The standard InChI is InChI=1S/C23H18N2O2/c24-25-21-17-13-7-8-14-18(17)22(26)20(21)23(27)19(15-9-3-1-4-10-15)16-11-5-2-6-12-16/h1-14,19-20H,24H2/t20-/m1/s1. The lowest BCUT2D eigenvalue weighted by Gasteiger charge is -2.20. The van der Waals surface area contributed by atoms with E-state index in [-0.39, 0.29) is 11.6 Å². The van der Waals surface area contributed by atoms with E-state index in [1.54, 1.807) is 18.2 Å². The van der Waals surface area contributed by atoms with E-state index >= 15 is 0 Å². The topological polar surface area (TPSA) is 72.5 Å². The van der Waals surface area contributed by atoms with E-state index in [9.17, 15) is 9.59 Å². The maximum absolute atomic E-state index is 13.6. The Morgan fingerprint density at radius 1 is 0.778 bits per heavy atom. The van der Waals surface area contributed by atoms with Crippen LogP contribution in [0.2, 0.25) is 0 Å². The number of benzene rings is 3. The van der Waals surface area contributed by atoms with Gasteiger partial charge in [0.2, 0.25) is 0 Å². The SMILES string of the molecule is NN=C1c2ccccc2C(=O)[C@@H]1C(=O)C(c1ccccc1)c1ccccc1. The van der Waals surface area contributed by atoms with Crippen LogP contribution in [0.3, 0.4) is 0 Å². The molecule has 1 atom stereocenters. The molecule has 0 amide bonds. The predicted octanol–water partition coefficient (Wildman–Crippen LogP) is 3.56. The Morgan fingerprint density at radius 2 is 1.26 bits per heavy atom. The Hall–Kier alpha value is -3.53. The van der Waals surface area contributed by atoms with Crippen molar-refractivity contribution in [2.45, 2.75) is 5.92 Å². The normalized spacial score (nSPS) is 17.3. The predicted molar refractivity (Wildman–Crippen MR) is 105 cm³/mol. The highest BCUT2D eigenvalue weighted by molar-refractivity contribution is 6.37. The molecule has 0 unspecified atom stereocenters. The highest BCUT2D eigenvalue weighted by atomic mass is 16.2. The Balaban J connectivity index is 1.83. The Bertz CT molecular complexity index is 987. The lowest BCUT2D eigenvalue weighted by Crippen LogP contribution is -2.32. The van der Waals surface area contributed by atoms with Crippen LogP contribution in [-0.4, -0.2) is 17.3 Å². The molecule has 1 aliphatic rings. The van der Waals surface area contributed by atoms with Crippen molar-refractivity contribution in [3.63, 3.8) is 0 Å². The molecule has 4 heteroatoms. The monoisotopic (exact) mass is 354 g/mol. The minimum Gasteiger partial charge on any atom is -0.323 e. The Kier molecular flexibility index (Phi) is 4.38. The van der Waals surface area contributed by atoms with Gasteiger partial charge in [-0.05, 0) is 11.1 Å². The van der Waals surface area contributed by atoms with E-state index in [2.05, 4.69) is 5.10 Å². The first-order valence-electron chi connectivity index (χ1n) is 8.77. The number of fused-ring (bicyclic) bond motifs is 1. The maximum atomic E-state index is 13.6. The summed E-state index contributed by atoms with van der Waals surface area (Å²) in [5.74, 6) is 3.60. The average Bonchev–Trinajstić information content (AvgIpc) is 3.02. The van der Waals surface area contributed by atoms with Gasteiger partial charge in [-0.25, -0.2) is 0 Å². The molecule has 0 saturated heterocycles. The van der Waals surface area contributed by atoms with Crippen molar-refractivity contribution in [2.75, 3.05) is 0 Å². The zero-order valence-electron chi connectivity index (χ0n) is 14.6. The largest absolute Gasteiger partial charge is 0.323 e. The molecular formula is C23H18N2O2. The van der Waals surface area contributed by atoms with Crippen molar-refractivity contribution >= 4 is 17.3 Å². The number of nitrogens with zero attached hydrogens (tertiary/aromatic N) is 1. The van der Waals surface area contributed by atoms with Gasteiger partial charge in [0.25, 0.3) is 0 Å². The van der Waals surface area contributed by atoms with Crippen LogP contribution < -0.4 is 5.84 Å². The number of rotatable bonds is 4. The number of hydrazone groups is 1. The number of Topliss-reactive ketones (excluding diaryl/α,β-unsaturated/α-hetero) is 2. The second kappa shape index (κ2) is 7.00. The molecule has 0 heterocycles. The first-order valence-corrected chi connectivity index (χ1v) is 8.77. The van der Waals surface area contributed by atoms with Gasteiger partial charge >= 0.3 is 0 Å². The second-order valence-corrected chi connectivity index (χ2v) is 6.51. The van der Waals surface area contributed by atoms with E-state index in [4.69, 9.17) is 5.84 Å². The fraction of sp³-hybridized carbons (Fsp3) is 0.0870. The van der Waals surface area contributed by atoms with Gasteiger partial charge in [-0.2, -0.15) is 5.10 Å². The molecule has 4 nitrogen and oxygen atoms in total. The van der Waals surface area contributed by atoms with Crippen molar-refractivity contribution in [1.82, 2.24) is 0 Å². The summed E-state index contributed by atoms with van der Waals surface area (Å²) in [5.41, 5.74) is 3.17. The first kappa shape index (κ1) is 16.9. The molecule has 0 aliphatic heterocycles. The quantitative estimate of drug-likeness (QED) is 0.442. The molecule has 27 heavy (non-hydrogen) atoms. The fourth-order valence-electron chi connectivity index (χ4n) is 3.74. The third-order valence-electron chi connectivity index (χ3n) is 4.98.